The third kappa shape index (κ3) is 2.27. The summed E-state index contributed by atoms with van der Waals surface area (Å²) in [6, 6.07) is 0.0421. The molecule has 0 saturated carbocycles. The van der Waals surface area contributed by atoms with Crippen molar-refractivity contribution >= 4 is 5.91 Å². The van der Waals surface area contributed by atoms with E-state index in [2.05, 4.69) is 9.97 Å². The molecule has 0 aromatic carbocycles. The molecular formula is C10H14N4O2. The van der Waals surface area contributed by atoms with E-state index in [4.69, 9.17) is 5.73 Å². The Labute approximate surface area is 92.5 Å². The highest BCUT2D eigenvalue weighted by atomic mass is 16.2. The number of aromatic amines is 1. The molecule has 16 heavy (non-hydrogen) atoms. The summed E-state index contributed by atoms with van der Waals surface area (Å²) in [6.07, 6.45) is 4.31. The van der Waals surface area contributed by atoms with Gasteiger partial charge in [0.15, 0.2) is 0 Å². The molecule has 2 heterocycles. The van der Waals surface area contributed by atoms with Gasteiger partial charge in [-0.05, 0) is 12.8 Å². The Morgan fingerprint density at radius 3 is 3.06 bits per heavy atom. The van der Waals surface area contributed by atoms with E-state index in [1.165, 1.54) is 6.20 Å². The maximum atomic E-state index is 11.9. The number of carbonyl (C=O) groups is 1. The number of carbonyl (C=O) groups excluding carboxylic acids is 1. The van der Waals surface area contributed by atoms with Crippen LogP contribution in [0.25, 0.3) is 0 Å². The first-order chi connectivity index (χ1) is 7.66. The fourth-order valence-corrected chi connectivity index (χ4v) is 1.82. The molecule has 1 aromatic rings. The number of likely N-dealkylation sites (tertiary alicyclic amines) is 1. The Balaban J connectivity index is 2.12. The van der Waals surface area contributed by atoms with Gasteiger partial charge in [0.05, 0.1) is 6.20 Å². The zero-order valence-corrected chi connectivity index (χ0v) is 8.85. The summed E-state index contributed by atoms with van der Waals surface area (Å²) in [5, 5.41) is 0. The molecule has 1 aliphatic heterocycles. The van der Waals surface area contributed by atoms with Crippen molar-refractivity contribution in [3.05, 3.63) is 28.4 Å². The van der Waals surface area contributed by atoms with E-state index in [0.29, 0.717) is 13.1 Å². The third-order valence-electron chi connectivity index (χ3n) is 2.64. The smallest absolute Gasteiger partial charge is 0.274 e. The predicted molar refractivity (Wildman–Crippen MR) is 58.0 cm³/mol. The van der Waals surface area contributed by atoms with Crippen LogP contribution in [0, 0.1) is 0 Å². The standard InChI is InChI=1S/C10H14N4O2/c11-7-2-1-3-14(6-7)10(16)8-4-13-9(15)5-12-8/h4-5,7H,1-3,6,11H2,(H,13,15). The van der Waals surface area contributed by atoms with Gasteiger partial charge in [0.25, 0.3) is 11.5 Å². The highest BCUT2D eigenvalue weighted by Crippen LogP contribution is 2.10. The van der Waals surface area contributed by atoms with Crippen LogP contribution < -0.4 is 11.3 Å². The molecule has 1 aliphatic rings. The quantitative estimate of drug-likeness (QED) is 0.659. The van der Waals surface area contributed by atoms with Crippen molar-refractivity contribution in [3.8, 4) is 0 Å². The normalized spacial score (nSPS) is 20.8. The van der Waals surface area contributed by atoms with Crippen LogP contribution in [0.1, 0.15) is 23.3 Å². The van der Waals surface area contributed by atoms with Crippen molar-refractivity contribution in [1.82, 2.24) is 14.9 Å². The monoisotopic (exact) mass is 222 g/mol. The number of rotatable bonds is 1. The lowest BCUT2D eigenvalue weighted by atomic mass is 10.1. The number of hydrogen-bond donors (Lipinski definition) is 2. The van der Waals surface area contributed by atoms with Gasteiger partial charge in [0, 0.05) is 25.3 Å². The van der Waals surface area contributed by atoms with E-state index < -0.39 is 0 Å². The third-order valence-corrected chi connectivity index (χ3v) is 2.64. The van der Waals surface area contributed by atoms with Crippen molar-refractivity contribution in [2.24, 2.45) is 5.73 Å². The van der Waals surface area contributed by atoms with Gasteiger partial charge in [0.2, 0.25) is 0 Å². The second-order valence-corrected chi connectivity index (χ2v) is 3.95. The maximum Gasteiger partial charge on any atom is 0.274 e. The van der Waals surface area contributed by atoms with Gasteiger partial charge in [-0.25, -0.2) is 4.98 Å². The lowest BCUT2D eigenvalue weighted by molar-refractivity contribution is 0.0702. The van der Waals surface area contributed by atoms with Gasteiger partial charge in [-0.15, -0.1) is 0 Å². The Kier molecular flexibility index (Phi) is 3.00. The topological polar surface area (TPSA) is 92.1 Å². The second kappa shape index (κ2) is 4.44. The summed E-state index contributed by atoms with van der Waals surface area (Å²) in [7, 11) is 0. The molecule has 0 aliphatic carbocycles. The number of amides is 1. The van der Waals surface area contributed by atoms with Gasteiger partial charge in [-0.3, -0.25) is 9.59 Å². The van der Waals surface area contributed by atoms with Gasteiger partial charge < -0.3 is 15.6 Å². The molecule has 0 spiro atoms. The molecule has 0 radical (unpaired) electrons. The number of hydrogen-bond acceptors (Lipinski definition) is 4. The van der Waals surface area contributed by atoms with Crippen LogP contribution in [-0.2, 0) is 0 Å². The molecule has 6 nitrogen and oxygen atoms in total. The molecule has 86 valence electrons. The summed E-state index contributed by atoms with van der Waals surface area (Å²) in [4.78, 5) is 30.7. The Morgan fingerprint density at radius 2 is 2.44 bits per heavy atom. The molecular weight excluding hydrogens is 208 g/mol. The fraction of sp³-hybridized carbons (Fsp3) is 0.500. The molecule has 1 unspecified atom stereocenters. The minimum atomic E-state index is -0.313. The van der Waals surface area contributed by atoms with E-state index in [-0.39, 0.29) is 23.2 Å². The number of aromatic nitrogens is 2. The van der Waals surface area contributed by atoms with Gasteiger partial charge >= 0.3 is 0 Å². The minimum Gasteiger partial charge on any atom is -0.336 e. The molecule has 1 saturated heterocycles. The SMILES string of the molecule is NC1CCCN(C(=O)c2c[nH]c(=O)cn2)C1. The maximum absolute atomic E-state index is 11.9. The summed E-state index contributed by atoms with van der Waals surface area (Å²) >= 11 is 0. The molecule has 3 N–H and O–H groups in total. The Bertz CT molecular complexity index is 422. The van der Waals surface area contributed by atoms with E-state index in [1.54, 1.807) is 4.90 Å². The van der Waals surface area contributed by atoms with E-state index in [0.717, 1.165) is 19.0 Å². The molecule has 1 atom stereocenters. The van der Waals surface area contributed by atoms with Gasteiger partial charge in [0.1, 0.15) is 5.69 Å². The highest BCUT2D eigenvalue weighted by molar-refractivity contribution is 5.92. The van der Waals surface area contributed by atoms with Crippen LogP contribution >= 0.6 is 0 Å². The average Bonchev–Trinajstić information content (AvgIpc) is 2.29. The summed E-state index contributed by atoms with van der Waals surface area (Å²) < 4.78 is 0. The number of piperidine rings is 1. The molecule has 2 rings (SSSR count). The number of nitrogens with one attached hydrogen (secondary N) is 1. The van der Waals surface area contributed by atoms with E-state index in [9.17, 15) is 9.59 Å². The minimum absolute atomic E-state index is 0.0421. The van der Waals surface area contributed by atoms with E-state index >= 15 is 0 Å². The predicted octanol–water partition coefficient (Wildman–Crippen LogP) is -0.667. The van der Waals surface area contributed by atoms with Crippen LogP contribution in [0.3, 0.4) is 0 Å². The first kappa shape index (κ1) is 10.8. The van der Waals surface area contributed by atoms with Gasteiger partial charge in [-0.1, -0.05) is 0 Å². The van der Waals surface area contributed by atoms with Crippen molar-refractivity contribution in [2.75, 3.05) is 13.1 Å². The summed E-state index contributed by atoms with van der Waals surface area (Å²) in [5.74, 6) is -0.175. The lowest BCUT2D eigenvalue weighted by Gasteiger charge is -2.30. The van der Waals surface area contributed by atoms with Crippen LogP contribution in [0.15, 0.2) is 17.2 Å². The highest BCUT2D eigenvalue weighted by Gasteiger charge is 2.22. The fourth-order valence-electron chi connectivity index (χ4n) is 1.82. The Morgan fingerprint density at radius 1 is 1.62 bits per heavy atom. The van der Waals surface area contributed by atoms with Crippen LogP contribution in [-0.4, -0.2) is 39.9 Å². The average molecular weight is 222 g/mol. The first-order valence-corrected chi connectivity index (χ1v) is 5.26. The van der Waals surface area contributed by atoms with Crippen LogP contribution in [0.2, 0.25) is 0 Å². The lowest BCUT2D eigenvalue weighted by Crippen LogP contribution is -2.46. The molecule has 1 fully saturated rings. The molecule has 1 amide bonds. The zero-order valence-electron chi connectivity index (χ0n) is 8.85. The molecule has 6 heteroatoms. The van der Waals surface area contributed by atoms with Crippen molar-refractivity contribution in [1.29, 1.82) is 0 Å². The second-order valence-electron chi connectivity index (χ2n) is 3.95. The zero-order chi connectivity index (χ0) is 11.5. The van der Waals surface area contributed by atoms with Crippen molar-refractivity contribution in [3.63, 3.8) is 0 Å². The molecule has 1 aromatic heterocycles. The van der Waals surface area contributed by atoms with Gasteiger partial charge in [-0.2, -0.15) is 0 Å². The van der Waals surface area contributed by atoms with Crippen molar-refractivity contribution < 1.29 is 4.79 Å². The number of H-pyrrole nitrogens is 1. The summed E-state index contributed by atoms with van der Waals surface area (Å²) in [5.41, 5.74) is 5.74. The van der Waals surface area contributed by atoms with Crippen LogP contribution in [0.4, 0.5) is 0 Å². The van der Waals surface area contributed by atoms with Crippen molar-refractivity contribution in [2.45, 2.75) is 18.9 Å². The first-order valence-electron chi connectivity index (χ1n) is 5.26. The summed E-state index contributed by atoms with van der Waals surface area (Å²) in [6.45, 7) is 1.26. The number of nitrogens with two attached hydrogens (primary N) is 1. The Hall–Kier alpha value is -1.69. The largest absolute Gasteiger partial charge is 0.336 e. The number of nitrogens with zero attached hydrogens (tertiary/aromatic N) is 2. The van der Waals surface area contributed by atoms with E-state index in [1.807, 2.05) is 0 Å². The van der Waals surface area contributed by atoms with Crippen LogP contribution in [0.5, 0.6) is 0 Å². The molecule has 0 bridgehead atoms.